The predicted molar refractivity (Wildman–Crippen MR) is 286 cm³/mol. The van der Waals surface area contributed by atoms with E-state index < -0.39 is 10.8 Å². The van der Waals surface area contributed by atoms with E-state index in [0.717, 1.165) is 102 Å². The first-order chi connectivity index (χ1) is 34.0. The van der Waals surface area contributed by atoms with E-state index in [2.05, 4.69) is 270 Å². The van der Waals surface area contributed by atoms with Crippen LogP contribution in [0.5, 0.6) is 0 Å². The van der Waals surface area contributed by atoms with Gasteiger partial charge in [0.25, 0.3) is 0 Å². The molecule has 0 amide bonds. The molecule has 0 saturated heterocycles. The molecular weight excluding hydrogens is 853 g/mol. The molecule has 2 aromatic heterocycles. The number of fused-ring (bicyclic) bond motifs is 14. The minimum Gasteiger partial charge on any atom is -0.459 e. The highest BCUT2D eigenvalue weighted by molar-refractivity contribution is 5.95. The average molecular weight is 907 g/mol. The SMILES string of the molecule is CC(C)(C)c1ccc(-c2cc3c(o2)C2(c4ccccc4N(c4ccccc4)c4ccccc42)c2cc(-c4ccc(C(C)(C)C)cc4)oc2C32c3ccccc3N(c3ccccc3)c3ccccc32)cc1. The van der Waals surface area contributed by atoms with E-state index in [0.29, 0.717) is 0 Å². The van der Waals surface area contributed by atoms with Crippen LogP contribution < -0.4 is 9.80 Å². The van der Waals surface area contributed by atoms with Gasteiger partial charge in [-0.2, -0.15) is 0 Å². The number of rotatable bonds is 4. The summed E-state index contributed by atoms with van der Waals surface area (Å²) in [5.74, 6) is 3.40. The molecule has 70 heavy (non-hydrogen) atoms. The second kappa shape index (κ2) is 15.2. The van der Waals surface area contributed by atoms with Crippen molar-refractivity contribution in [1.82, 2.24) is 0 Å². The maximum Gasteiger partial charge on any atom is 0.134 e. The van der Waals surface area contributed by atoms with Crippen LogP contribution in [0.3, 0.4) is 0 Å². The van der Waals surface area contributed by atoms with Crippen molar-refractivity contribution >= 4 is 34.1 Å². The van der Waals surface area contributed by atoms with Gasteiger partial charge in [0, 0.05) is 33.6 Å². The molecular formula is C66H54N2O2. The lowest BCUT2D eigenvalue weighted by Crippen LogP contribution is -2.48. The minimum absolute atomic E-state index is 0.00545. The van der Waals surface area contributed by atoms with Crippen molar-refractivity contribution in [2.75, 3.05) is 9.80 Å². The van der Waals surface area contributed by atoms with Gasteiger partial charge in [-0.15, -0.1) is 0 Å². The van der Waals surface area contributed by atoms with Crippen molar-refractivity contribution in [3.05, 3.63) is 274 Å². The third-order valence-electron chi connectivity index (χ3n) is 15.2. The lowest BCUT2D eigenvalue weighted by Gasteiger charge is -2.52. The summed E-state index contributed by atoms with van der Waals surface area (Å²) < 4.78 is 15.8. The predicted octanol–water partition coefficient (Wildman–Crippen LogP) is 17.4. The first-order valence-corrected chi connectivity index (χ1v) is 24.6. The van der Waals surface area contributed by atoms with Crippen LogP contribution in [-0.4, -0.2) is 0 Å². The highest BCUT2D eigenvalue weighted by Crippen LogP contribution is 2.69. The molecule has 0 N–H and O–H groups in total. The molecule has 10 aromatic rings. The summed E-state index contributed by atoms with van der Waals surface area (Å²) in [6, 6.07) is 79.9. The van der Waals surface area contributed by atoms with Crippen LogP contribution in [0.15, 0.2) is 227 Å². The standard InChI is InChI=1S/C66H54N2O2/c1-63(2,3)45-37-33-43(34-38-45)59-41-53-61(69-59)66(51-27-15-19-31-57(51)68(48-23-11-8-12-24-48)58-32-20-16-28-52(58)66)54-42-60(44-35-39-46(40-36-44)64(4,5)6)70-62(54)65(53)49-25-13-17-29-55(49)67(47-21-9-7-10-22-47)56-30-18-14-26-50(56)65/h7-42H,1-6H3. The number of para-hydroxylation sites is 6. The van der Waals surface area contributed by atoms with E-state index in [1.54, 1.807) is 0 Å². The van der Waals surface area contributed by atoms with Crippen LogP contribution >= 0.6 is 0 Å². The fourth-order valence-corrected chi connectivity index (χ4v) is 12.0. The van der Waals surface area contributed by atoms with E-state index >= 15 is 0 Å². The zero-order chi connectivity index (χ0) is 47.6. The Morgan fingerprint density at radius 1 is 0.314 bits per heavy atom. The van der Waals surface area contributed by atoms with Crippen LogP contribution in [0.1, 0.15) is 97.6 Å². The van der Waals surface area contributed by atoms with Crippen LogP contribution in [0.25, 0.3) is 22.6 Å². The van der Waals surface area contributed by atoms with Crippen molar-refractivity contribution in [2.45, 2.75) is 63.2 Å². The van der Waals surface area contributed by atoms with Gasteiger partial charge < -0.3 is 18.6 Å². The fraction of sp³-hybridized carbons (Fsp3) is 0.152. The molecule has 13 rings (SSSR count). The van der Waals surface area contributed by atoms with Crippen LogP contribution in [0, 0.1) is 0 Å². The first-order valence-electron chi connectivity index (χ1n) is 24.6. The Bertz CT molecular complexity index is 3240. The average Bonchev–Trinajstić information content (AvgIpc) is 4.05. The summed E-state index contributed by atoms with van der Waals surface area (Å²) in [5, 5.41) is 0. The Kier molecular flexibility index (Phi) is 9.14. The lowest BCUT2D eigenvalue weighted by molar-refractivity contribution is 0.400. The minimum atomic E-state index is -0.967. The van der Waals surface area contributed by atoms with Crippen molar-refractivity contribution in [2.24, 2.45) is 0 Å². The van der Waals surface area contributed by atoms with Gasteiger partial charge in [-0.1, -0.05) is 199 Å². The molecule has 0 fully saturated rings. The summed E-state index contributed by atoms with van der Waals surface area (Å²) in [4.78, 5) is 4.84. The highest BCUT2D eigenvalue weighted by atomic mass is 16.4. The molecule has 0 saturated carbocycles. The quantitative estimate of drug-likeness (QED) is 0.176. The summed E-state index contributed by atoms with van der Waals surface area (Å²) in [7, 11) is 0. The van der Waals surface area contributed by atoms with Gasteiger partial charge in [0.05, 0.1) is 22.7 Å². The van der Waals surface area contributed by atoms with E-state index in [-0.39, 0.29) is 10.8 Å². The Hall–Kier alpha value is -8.08. The van der Waals surface area contributed by atoms with Crippen LogP contribution in [-0.2, 0) is 21.7 Å². The molecule has 2 aliphatic heterocycles. The molecule has 0 atom stereocenters. The van der Waals surface area contributed by atoms with Crippen molar-refractivity contribution in [3.8, 4) is 22.6 Å². The largest absolute Gasteiger partial charge is 0.459 e. The zero-order valence-electron chi connectivity index (χ0n) is 40.5. The topological polar surface area (TPSA) is 32.8 Å². The lowest BCUT2D eigenvalue weighted by atomic mass is 9.53. The van der Waals surface area contributed by atoms with Crippen LogP contribution in [0.4, 0.5) is 34.1 Å². The number of benzene rings is 8. The highest BCUT2D eigenvalue weighted by Gasteiger charge is 2.63. The maximum absolute atomic E-state index is 7.89. The maximum atomic E-state index is 7.89. The summed E-state index contributed by atoms with van der Waals surface area (Å²) in [6.07, 6.45) is 0. The molecule has 340 valence electrons. The third kappa shape index (κ3) is 5.89. The van der Waals surface area contributed by atoms with Gasteiger partial charge in [0.2, 0.25) is 0 Å². The van der Waals surface area contributed by atoms with Gasteiger partial charge in [-0.3, -0.25) is 0 Å². The fourth-order valence-electron chi connectivity index (χ4n) is 12.0. The van der Waals surface area contributed by atoms with Crippen molar-refractivity contribution in [3.63, 3.8) is 0 Å². The Morgan fingerprint density at radius 2 is 0.600 bits per heavy atom. The number of hydrogen-bond acceptors (Lipinski definition) is 4. The summed E-state index contributed by atoms with van der Waals surface area (Å²) in [5.41, 5.74) is 15.8. The van der Waals surface area contributed by atoms with Gasteiger partial charge in [-0.25, -0.2) is 0 Å². The van der Waals surface area contributed by atoms with Gasteiger partial charge in [0.15, 0.2) is 0 Å². The molecule has 4 heterocycles. The molecule has 0 bridgehead atoms. The third-order valence-corrected chi connectivity index (χ3v) is 15.2. The van der Waals surface area contributed by atoms with E-state index in [9.17, 15) is 0 Å². The van der Waals surface area contributed by atoms with E-state index in [1.807, 2.05) is 0 Å². The van der Waals surface area contributed by atoms with Crippen molar-refractivity contribution < 1.29 is 8.83 Å². The molecule has 4 heteroatoms. The number of hydrogen-bond donors (Lipinski definition) is 0. The number of furan rings is 2. The molecule has 4 nitrogen and oxygen atoms in total. The smallest absolute Gasteiger partial charge is 0.134 e. The first kappa shape index (κ1) is 42.1. The summed E-state index contributed by atoms with van der Waals surface area (Å²) >= 11 is 0. The Labute approximate surface area is 411 Å². The second-order valence-corrected chi connectivity index (χ2v) is 21.3. The van der Waals surface area contributed by atoms with Gasteiger partial charge in [0.1, 0.15) is 33.9 Å². The molecule has 0 unspecified atom stereocenters. The molecule has 2 spiro atoms. The molecule has 1 aliphatic carbocycles. The van der Waals surface area contributed by atoms with E-state index in [4.69, 9.17) is 8.83 Å². The normalized spacial score (nSPS) is 14.9. The number of anilines is 6. The monoisotopic (exact) mass is 906 g/mol. The van der Waals surface area contributed by atoms with E-state index in [1.165, 1.54) is 11.1 Å². The van der Waals surface area contributed by atoms with Crippen LogP contribution in [0.2, 0.25) is 0 Å². The molecule has 3 aliphatic rings. The summed E-state index contributed by atoms with van der Waals surface area (Å²) in [6.45, 7) is 13.6. The second-order valence-electron chi connectivity index (χ2n) is 21.3. The van der Waals surface area contributed by atoms with Gasteiger partial charge in [-0.05, 0) is 105 Å². The van der Waals surface area contributed by atoms with Gasteiger partial charge >= 0.3 is 0 Å². The zero-order valence-corrected chi connectivity index (χ0v) is 40.5. The number of nitrogens with zero attached hydrogens (tertiary/aromatic N) is 2. The van der Waals surface area contributed by atoms with Crippen molar-refractivity contribution in [1.29, 1.82) is 0 Å². The Morgan fingerprint density at radius 3 is 0.900 bits per heavy atom. The molecule has 0 radical (unpaired) electrons. The Balaban J connectivity index is 1.20. The molecule has 8 aromatic carbocycles.